The Morgan fingerprint density at radius 1 is 1.67 bits per heavy atom. The molecule has 3 heteroatoms. The third-order valence-electron chi connectivity index (χ3n) is 2.59. The number of amides is 1. The van der Waals surface area contributed by atoms with E-state index in [0.717, 1.165) is 19.4 Å². The maximum atomic E-state index is 12.0. The van der Waals surface area contributed by atoms with Gasteiger partial charge in [-0.15, -0.1) is 12.3 Å². The molecular weight excluding hydrogens is 188 g/mol. The highest BCUT2D eigenvalue weighted by molar-refractivity contribution is 5.82. The van der Waals surface area contributed by atoms with Crippen LogP contribution in [0.1, 0.15) is 33.1 Å². The van der Waals surface area contributed by atoms with Gasteiger partial charge in [-0.05, 0) is 12.8 Å². The van der Waals surface area contributed by atoms with Crippen LogP contribution in [0.2, 0.25) is 0 Å². The van der Waals surface area contributed by atoms with E-state index in [1.807, 2.05) is 4.90 Å². The Balaban J connectivity index is 2.48. The molecule has 1 heterocycles. The fourth-order valence-electron chi connectivity index (χ4n) is 1.92. The average Bonchev–Trinajstić information content (AvgIpc) is 2.19. The van der Waals surface area contributed by atoms with Gasteiger partial charge in [0.05, 0.1) is 6.04 Å². The molecule has 3 nitrogen and oxygen atoms in total. The van der Waals surface area contributed by atoms with Gasteiger partial charge in [0.1, 0.15) is 0 Å². The fraction of sp³-hybridized carbons (Fsp3) is 0.750. The quantitative estimate of drug-likeness (QED) is 0.699. The van der Waals surface area contributed by atoms with E-state index < -0.39 is 0 Å². The van der Waals surface area contributed by atoms with Crippen molar-refractivity contribution in [2.24, 2.45) is 0 Å². The van der Waals surface area contributed by atoms with Crippen molar-refractivity contribution in [1.82, 2.24) is 10.2 Å². The number of carbonyl (C=O) groups excluding carboxylic acids is 1. The molecule has 1 rings (SSSR count). The lowest BCUT2D eigenvalue weighted by Gasteiger charge is -2.33. The third kappa shape index (κ3) is 3.56. The van der Waals surface area contributed by atoms with Crippen molar-refractivity contribution in [3.05, 3.63) is 0 Å². The maximum Gasteiger partial charge on any atom is 0.239 e. The van der Waals surface area contributed by atoms with Crippen molar-refractivity contribution in [1.29, 1.82) is 0 Å². The first kappa shape index (κ1) is 12.1. The molecule has 0 aromatic carbocycles. The monoisotopic (exact) mass is 208 g/mol. The van der Waals surface area contributed by atoms with Crippen LogP contribution in [0.15, 0.2) is 0 Å². The molecule has 0 radical (unpaired) electrons. The van der Waals surface area contributed by atoms with Gasteiger partial charge in [-0.1, -0.05) is 13.8 Å². The van der Waals surface area contributed by atoms with Crippen LogP contribution in [-0.4, -0.2) is 36.0 Å². The first-order valence-electron chi connectivity index (χ1n) is 5.63. The molecule has 1 saturated heterocycles. The highest BCUT2D eigenvalue weighted by atomic mass is 16.2. The summed E-state index contributed by atoms with van der Waals surface area (Å²) in [6.45, 7) is 5.68. The summed E-state index contributed by atoms with van der Waals surface area (Å²) in [6, 6.07) is 0.350. The number of nitrogens with zero attached hydrogens (tertiary/aromatic N) is 1. The molecule has 1 unspecified atom stereocenters. The second-order valence-electron chi connectivity index (χ2n) is 4.30. The van der Waals surface area contributed by atoms with E-state index in [0.29, 0.717) is 19.0 Å². The Bertz CT molecular complexity index is 255. The summed E-state index contributed by atoms with van der Waals surface area (Å²) in [5, 5.41) is 3.29. The topological polar surface area (TPSA) is 32.3 Å². The third-order valence-corrected chi connectivity index (χ3v) is 2.59. The van der Waals surface area contributed by atoms with Crippen molar-refractivity contribution in [3.8, 4) is 12.3 Å². The summed E-state index contributed by atoms with van der Waals surface area (Å²) in [7, 11) is 0. The number of rotatable bonds is 4. The summed E-state index contributed by atoms with van der Waals surface area (Å²) >= 11 is 0. The molecule has 1 aliphatic rings. The number of terminal acetylenes is 1. The smallest absolute Gasteiger partial charge is 0.239 e. The Morgan fingerprint density at radius 2 is 2.40 bits per heavy atom. The van der Waals surface area contributed by atoms with Crippen LogP contribution in [0.25, 0.3) is 0 Å². The zero-order chi connectivity index (χ0) is 11.3. The molecule has 0 aliphatic carbocycles. The van der Waals surface area contributed by atoms with E-state index in [9.17, 15) is 4.79 Å². The van der Waals surface area contributed by atoms with E-state index >= 15 is 0 Å². The van der Waals surface area contributed by atoms with Crippen molar-refractivity contribution in [2.75, 3.05) is 13.1 Å². The second-order valence-corrected chi connectivity index (χ2v) is 4.30. The summed E-state index contributed by atoms with van der Waals surface area (Å²) in [5.41, 5.74) is 0. The number of nitrogens with one attached hydrogen (secondary N) is 1. The van der Waals surface area contributed by atoms with E-state index in [2.05, 4.69) is 25.1 Å². The molecule has 0 aromatic heterocycles. The van der Waals surface area contributed by atoms with E-state index in [-0.39, 0.29) is 11.9 Å². The molecule has 1 aliphatic heterocycles. The summed E-state index contributed by atoms with van der Waals surface area (Å²) in [6.07, 6.45) is 7.87. The lowest BCUT2D eigenvalue weighted by molar-refractivity contribution is -0.136. The van der Waals surface area contributed by atoms with Gasteiger partial charge in [-0.2, -0.15) is 0 Å². The standard InChI is InChI=1S/C12H20N2O/c1-4-5-8-14-9-6-7-11(12(14)15)13-10(2)3/h1,10-11,13H,5-9H2,2-3H3. The second kappa shape index (κ2) is 5.77. The lowest BCUT2D eigenvalue weighted by Crippen LogP contribution is -2.52. The first-order chi connectivity index (χ1) is 7.15. The minimum Gasteiger partial charge on any atom is -0.340 e. The maximum absolute atomic E-state index is 12.0. The fourth-order valence-corrected chi connectivity index (χ4v) is 1.92. The Hall–Kier alpha value is -1.01. The van der Waals surface area contributed by atoms with Crippen LogP contribution in [-0.2, 0) is 4.79 Å². The van der Waals surface area contributed by atoms with Crippen LogP contribution in [0.3, 0.4) is 0 Å². The predicted molar refractivity (Wildman–Crippen MR) is 61.3 cm³/mol. The summed E-state index contributed by atoms with van der Waals surface area (Å²) < 4.78 is 0. The van der Waals surface area contributed by atoms with Gasteiger partial charge in [-0.25, -0.2) is 0 Å². The summed E-state index contributed by atoms with van der Waals surface area (Å²) in [4.78, 5) is 13.8. The van der Waals surface area contributed by atoms with Gasteiger partial charge in [0.15, 0.2) is 0 Å². The van der Waals surface area contributed by atoms with E-state index in [1.54, 1.807) is 0 Å². The number of piperidine rings is 1. The molecular formula is C12H20N2O. The first-order valence-corrected chi connectivity index (χ1v) is 5.63. The summed E-state index contributed by atoms with van der Waals surface area (Å²) in [5.74, 6) is 2.79. The number of likely N-dealkylation sites (tertiary alicyclic amines) is 1. The van der Waals surface area contributed by atoms with E-state index in [4.69, 9.17) is 6.42 Å². The molecule has 15 heavy (non-hydrogen) atoms. The van der Waals surface area contributed by atoms with Crippen LogP contribution >= 0.6 is 0 Å². The van der Waals surface area contributed by atoms with Gasteiger partial charge in [0.25, 0.3) is 0 Å². The molecule has 0 bridgehead atoms. The minimum atomic E-state index is -0.00322. The Kier molecular flexibility index (Phi) is 4.64. The van der Waals surface area contributed by atoms with Gasteiger partial charge in [0, 0.05) is 25.6 Å². The van der Waals surface area contributed by atoms with Crippen molar-refractivity contribution >= 4 is 5.91 Å². The largest absolute Gasteiger partial charge is 0.340 e. The molecule has 1 fully saturated rings. The normalized spacial score (nSPS) is 21.9. The highest BCUT2D eigenvalue weighted by Crippen LogP contribution is 2.12. The number of carbonyl (C=O) groups is 1. The zero-order valence-corrected chi connectivity index (χ0v) is 9.62. The van der Waals surface area contributed by atoms with Gasteiger partial charge >= 0.3 is 0 Å². The van der Waals surface area contributed by atoms with Crippen LogP contribution in [0.5, 0.6) is 0 Å². The molecule has 0 spiro atoms. The van der Waals surface area contributed by atoms with Crippen LogP contribution in [0, 0.1) is 12.3 Å². The zero-order valence-electron chi connectivity index (χ0n) is 9.62. The van der Waals surface area contributed by atoms with Crippen LogP contribution in [0.4, 0.5) is 0 Å². The van der Waals surface area contributed by atoms with Gasteiger partial charge < -0.3 is 10.2 Å². The van der Waals surface area contributed by atoms with Gasteiger partial charge in [0.2, 0.25) is 5.91 Å². The molecule has 0 aromatic rings. The van der Waals surface area contributed by atoms with Crippen molar-refractivity contribution in [3.63, 3.8) is 0 Å². The lowest BCUT2D eigenvalue weighted by atomic mass is 10.0. The van der Waals surface area contributed by atoms with Crippen molar-refractivity contribution in [2.45, 2.75) is 45.2 Å². The number of hydrogen-bond donors (Lipinski definition) is 1. The molecule has 0 saturated carbocycles. The Labute approximate surface area is 92.2 Å². The SMILES string of the molecule is C#CCCN1CCCC(NC(C)C)C1=O. The Morgan fingerprint density at radius 3 is 3.00 bits per heavy atom. The molecule has 1 N–H and O–H groups in total. The minimum absolute atomic E-state index is 0.00322. The van der Waals surface area contributed by atoms with Gasteiger partial charge in [-0.3, -0.25) is 4.79 Å². The highest BCUT2D eigenvalue weighted by Gasteiger charge is 2.28. The average molecular weight is 208 g/mol. The molecule has 1 amide bonds. The van der Waals surface area contributed by atoms with Crippen molar-refractivity contribution < 1.29 is 4.79 Å². The van der Waals surface area contributed by atoms with Crippen LogP contribution < -0.4 is 5.32 Å². The predicted octanol–water partition coefficient (Wildman–Crippen LogP) is 0.999. The molecule has 1 atom stereocenters. The molecule has 84 valence electrons. The number of hydrogen-bond acceptors (Lipinski definition) is 2. The van der Waals surface area contributed by atoms with E-state index in [1.165, 1.54) is 0 Å².